The molecule has 0 aromatic carbocycles. The zero-order valence-electron chi connectivity index (χ0n) is 11.4. The van der Waals surface area contributed by atoms with E-state index in [-0.39, 0.29) is 0 Å². The highest BCUT2D eigenvalue weighted by Gasteiger charge is 1.92. The van der Waals surface area contributed by atoms with Crippen LogP contribution in [-0.2, 0) is 0 Å². The summed E-state index contributed by atoms with van der Waals surface area (Å²) in [6.07, 6.45) is 20.0. The summed E-state index contributed by atoms with van der Waals surface area (Å²) in [6.45, 7) is 2.29. The van der Waals surface area contributed by atoms with Crippen molar-refractivity contribution in [3.8, 4) is 0 Å². The molecule has 0 amide bonds. The Hall–Kier alpha value is 0.430. The second-order valence-electron chi connectivity index (χ2n) is 4.99. The molecule has 0 aromatic heterocycles. The van der Waals surface area contributed by atoms with Gasteiger partial charge in [-0.3, -0.25) is 0 Å². The summed E-state index contributed by atoms with van der Waals surface area (Å²) in [6, 6.07) is 0. The van der Waals surface area contributed by atoms with Crippen LogP contribution in [0.4, 0.5) is 0 Å². The molecule has 0 atom stereocenters. The first-order chi connectivity index (χ1) is 7.91. The van der Waals surface area contributed by atoms with Crippen molar-refractivity contribution in [1.82, 2.24) is 0 Å². The van der Waals surface area contributed by atoms with Crippen LogP contribution in [0.1, 0.15) is 90.4 Å². The van der Waals surface area contributed by atoms with Crippen molar-refractivity contribution in [2.45, 2.75) is 90.4 Å². The average molecular weight is 243 g/mol. The van der Waals surface area contributed by atoms with Crippen molar-refractivity contribution in [3.63, 3.8) is 0 Å². The Kier molecular flexibility index (Phi) is 15.8. The van der Waals surface area contributed by atoms with E-state index in [1.165, 1.54) is 89.6 Å². The molecular formula is C15H32P. The van der Waals surface area contributed by atoms with Gasteiger partial charge in [-0.05, 0) is 12.6 Å². The fourth-order valence-corrected chi connectivity index (χ4v) is 2.39. The van der Waals surface area contributed by atoms with Gasteiger partial charge in [0.15, 0.2) is 0 Å². The van der Waals surface area contributed by atoms with Gasteiger partial charge in [0, 0.05) is 0 Å². The van der Waals surface area contributed by atoms with Gasteiger partial charge in [0.25, 0.3) is 0 Å². The van der Waals surface area contributed by atoms with Crippen molar-refractivity contribution in [2.75, 3.05) is 6.16 Å². The summed E-state index contributed by atoms with van der Waals surface area (Å²) in [5, 5.41) is 0. The number of hydrogen-bond donors (Lipinski definition) is 0. The summed E-state index contributed by atoms with van der Waals surface area (Å²) >= 11 is 0. The van der Waals surface area contributed by atoms with Crippen molar-refractivity contribution in [2.24, 2.45) is 0 Å². The maximum absolute atomic E-state index is 3.52. The van der Waals surface area contributed by atoms with Crippen LogP contribution in [0.5, 0.6) is 0 Å². The highest BCUT2D eigenvalue weighted by atomic mass is 31.0. The third kappa shape index (κ3) is 14.4. The normalized spacial score (nSPS) is 10.9. The van der Waals surface area contributed by atoms with Crippen molar-refractivity contribution >= 4 is 9.24 Å². The van der Waals surface area contributed by atoms with Crippen LogP contribution in [0.25, 0.3) is 0 Å². The maximum Gasteiger partial charge on any atom is -0.0317 e. The minimum atomic E-state index is 1.18. The summed E-state index contributed by atoms with van der Waals surface area (Å²) < 4.78 is 0. The van der Waals surface area contributed by atoms with E-state index in [2.05, 4.69) is 16.2 Å². The highest BCUT2D eigenvalue weighted by Crippen LogP contribution is 2.12. The van der Waals surface area contributed by atoms with E-state index in [0.717, 1.165) is 0 Å². The Balaban J connectivity index is 2.83. The second-order valence-corrected chi connectivity index (χ2v) is 5.49. The van der Waals surface area contributed by atoms with Gasteiger partial charge in [0.05, 0.1) is 0 Å². The molecule has 0 fully saturated rings. The molecule has 1 radical (unpaired) electrons. The van der Waals surface area contributed by atoms with Crippen LogP contribution >= 0.6 is 9.24 Å². The van der Waals surface area contributed by atoms with Gasteiger partial charge in [-0.1, -0.05) is 93.2 Å². The molecule has 0 bridgehead atoms. The minimum absolute atomic E-state index is 1.18. The molecule has 0 saturated heterocycles. The van der Waals surface area contributed by atoms with Gasteiger partial charge in [-0.15, -0.1) is 0 Å². The van der Waals surface area contributed by atoms with E-state index in [4.69, 9.17) is 0 Å². The molecule has 0 aliphatic rings. The molecule has 0 unspecified atom stereocenters. The number of hydrogen-bond acceptors (Lipinski definition) is 0. The van der Waals surface area contributed by atoms with Gasteiger partial charge < -0.3 is 0 Å². The molecule has 0 saturated carbocycles. The van der Waals surface area contributed by atoms with Gasteiger partial charge in [-0.2, -0.15) is 0 Å². The van der Waals surface area contributed by atoms with Gasteiger partial charge in [-0.25, -0.2) is 0 Å². The largest absolute Gasteiger partial charge is 0.0992 e. The first-order valence-corrected chi connectivity index (χ1v) is 8.27. The summed E-state index contributed by atoms with van der Waals surface area (Å²) in [5.74, 6) is 0. The highest BCUT2D eigenvalue weighted by molar-refractivity contribution is 7.16. The van der Waals surface area contributed by atoms with Crippen LogP contribution in [0, 0.1) is 0 Å². The first kappa shape index (κ1) is 16.4. The molecule has 0 rings (SSSR count). The molecule has 0 aliphatic heterocycles. The standard InChI is InChI=1S/C15H32P/c1-2-3-4-5-6-7-8-9-10-11-12-13-14-15-16/h16H,2-15H2,1H3. The summed E-state index contributed by atoms with van der Waals surface area (Å²) in [4.78, 5) is 0. The predicted molar refractivity (Wildman–Crippen MR) is 78.9 cm³/mol. The quantitative estimate of drug-likeness (QED) is 0.266. The summed E-state index contributed by atoms with van der Waals surface area (Å²) in [7, 11) is 3.52. The predicted octanol–water partition coefficient (Wildman–Crippen LogP) is 6.22. The van der Waals surface area contributed by atoms with E-state index < -0.39 is 0 Å². The average Bonchev–Trinajstić information content (AvgIpc) is 2.31. The fourth-order valence-electron chi connectivity index (χ4n) is 2.14. The number of unbranched alkanes of at least 4 members (excludes halogenated alkanes) is 12. The monoisotopic (exact) mass is 243 g/mol. The third-order valence-electron chi connectivity index (χ3n) is 3.28. The first-order valence-electron chi connectivity index (χ1n) is 7.56. The molecule has 1 heteroatoms. The van der Waals surface area contributed by atoms with Crippen molar-refractivity contribution < 1.29 is 0 Å². The topological polar surface area (TPSA) is 0 Å². The van der Waals surface area contributed by atoms with Gasteiger partial charge in [0.2, 0.25) is 0 Å². The molecule has 0 aromatic rings. The van der Waals surface area contributed by atoms with Crippen molar-refractivity contribution in [1.29, 1.82) is 0 Å². The lowest BCUT2D eigenvalue weighted by atomic mass is 10.1. The van der Waals surface area contributed by atoms with E-state index >= 15 is 0 Å². The minimum Gasteiger partial charge on any atom is -0.0992 e. The lowest BCUT2D eigenvalue weighted by Crippen LogP contribution is -1.83. The lowest BCUT2D eigenvalue weighted by Gasteiger charge is -2.02. The second kappa shape index (κ2) is 15.4. The zero-order chi connectivity index (χ0) is 11.9. The smallest absolute Gasteiger partial charge is 0.0317 e. The molecule has 0 spiro atoms. The van der Waals surface area contributed by atoms with Crippen LogP contribution in [0.15, 0.2) is 0 Å². The van der Waals surface area contributed by atoms with E-state index in [9.17, 15) is 0 Å². The summed E-state index contributed by atoms with van der Waals surface area (Å²) in [5.41, 5.74) is 0. The van der Waals surface area contributed by atoms with E-state index in [1.807, 2.05) is 0 Å². The number of rotatable bonds is 13. The van der Waals surface area contributed by atoms with Crippen LogP contribution < -0.4 is 0 Å². The van der Waals surface area contributed by atoms with Crippen LogP contribution in [0.2, 0.25) is 0 Å². The Labute approximate surface area is 106 Å². The molecule has 0 nitrogen and oxygen atoms in total. The van der Waals surface area contributed by atoms with Gasteiger partial charge in [0.1, 0.15) is 0 Å². The molecule has 0 aliphatic carbocycles. The van der Waals surface area contributed by atoms with Crippen molar-refractivity contribution in [3.05, 3.63) is 0 Å². The Morgan fingerprint density at radius 2 is 0.812 bits per heavy atom. The zero-order valence-corrected chi connectivity index (χ0v) is 12.4. The molecule has 0 heterocycles. The third-order valence-corrected chi connectivity index (χ3v) is 3.63. The SMILES string of the molecule is CCCCCCCCCCCCCCC[PH]. The van der Waals surface area contributed by atoms with Crippen LogP contribution in [0.3, 0.4) is 0 Å². The van der Waals surface area contributed by atoms with Gasteiger partial charge >= 0.3 is 0 Å². The lowest BCUT2D eigenvalue weighted by molar-refractivity contribution is 0.543. The Morgan fingerprint density at radius 1 is 0.500 bits per heavy atom. The van der Waals surface area contributed by atoms with E-state index in [1.54, 1.807) is 0 Å². The fraction of sp³-hybridized carbons (Fsp3) is 1.00. The Bertz CT molecular complexity index is 98.0. The maximum atomic E-state index is 3.52. The molecular weight excluding hydrogens is 211 g/mol. The molecule has 0 N–H and O–H groups in total. The Morgan fingerprint density at radius 3 is 1.12 bits per heavy atom. The van der Waals surface area contributed by atoms with E-state index in [0.29, 0.717) is 0 Å². The molecule has 97 valence electrons. The van der Waals surface area contributed by atoms with Crippen LogP contribution in [-0.4, -0.2) is 6.16 Å². The molecule has 16 heavy (non-hydrogen) atoms.